The molecule has 1 spiro atoms. The predicted molar refractivity (Wildman–Crippen MR) is 141 cm³/mol. The number of rotatable bonds is 6. The van der Waals surface area contributed by atoms with E-state index in [-0.39, 0.29) is 17.2 Å². The fourth-order valence-corrected chi connectivity index (χ4v) is 5.00. The SMILES string of the molecule is CC(C)c1ncccc1-c1ncc2c(n1)N(Cc1ccc(-c3nc(C(C)(F)F)cn3C)cc1)CC1(CC1)O2. The predicted octanol–water partition coefficient (Wildman–Crippen LogP) is 6.11. The van der Waals surface area contributed by atoms with E-state index in [9.17, 15) is 8.78 Å². The van der Waals surface area contributed by atoms with Gasteiger partial charge in [0, 0.05) is 44.0 Å². The second kappa shape index (κ2) is 8.85. The second-order valence-electron chi connectivity index (χ2n) is 10.8. The first-order chi connectivity index (χ1) is 18.1. The molecule has 1 aliphatic heterocycles. The van der Waals surface area contributed by atoms with E-state index in [1.165, 1.54) is 6.20 Å². The number of imidazole rings is 1. The molecule has 196 valence electrons. The van der Waals surface area contributed by atoms with Crippen LogP contribution >= 0.6 is 0 Å². The van der Waals surface area contributed by atoms with Crippen molar-refractivity contribution in [3.05, 3.63) is 71.9 Å². The molecule has 1 aromatic carbocycles. The highest BCUT2D eigenvalue weighted by molar-refractivity contribution is 5.65. The third-order valence-electron chi connectivity index (χ3n) is 7.19. The van der Waals surface area contributed by atoms with E-state index >= 15 is 0 Å². The minimum Gasteiger partial charge on any atom is -0.480 e. The maximum Gasteiger partial charge on any atom is 0.288 e. The Morgan fingerprint density at radius 1 is 1.08 bits per heavy atom. The zero-order valence-electron chi connectivity index (χ0n) is 21.9. The highest BCUT2D eigenvalue weighted by Gasteiger charge is 2.50. The standard InChI is InChI=1S/C29H30F2N6O/c1-18(2)24-21(6-5-13-32-24)25-33-14-22-27(35-25)37(17-29(38-22)11-12-29)15-19-7-9-20(10-8-19)26-34-23(16-36(26)4)28(3,30)31/h5-10,13-14,16,18H,11-12,15,17H2,1-4H3. The maximum absolute atomic E-state index is 13.8. The van der Waals surface area contributed by atoms with Gasteiger partial charge in [-0.2, -0.15) is 8.78 Å². The highest BCUT2D eigenvalue weighted by Crippen LogP contribution is 2.48. The van der Waals surface area contributed by atoms with Crippen LogP contribution in [0.2, 0.25) is 0 Å². The van der Waals surface area contributed by atoms with E-state index in [0.717, 1.165) is 54.5 Å². The summed E-state index contributed by atoms with van der Waals surface area (Å²) < 4.78 is 35.5. The number of hydrogen-bond donors (Lipinski definition) is 0. The molecule has 6 rings (SSSR count). The highest BCUT2D eigenvalue weighted by atomic mass is 19.3. The molecule has 0 bridgehead atoms. The van der Waals surface area contributed by atoms with Gasteiger partial charge in [-0.15, -0.1) is 0 Å². The van der Waals surface area contributed by atoms with Gasteiger partial charge in [-0.3, -0.25) is 4.98 Å². The zero-order chi connectivity index (χ0) is 26.7. The monoisotopic (exact) mass is 516 g/mol. The normalized spacial score (nSPS) is 16.0. The first kappa shape index (κ1) is 24.5. The lowest BCUT2D eigenvalue weighted by Gasteiger charge is -2.35. The van der Waals surface area contributed by atoms with Gasteiger partial charge in [0.2, 0.25) is 0 Å². The Bertz CT molecular complexity index is 1490. The number of benzene rings is 1. The lowest BCUT2D eigenvalue weighted by atomic mass is 10.0. The van der Waals surface area contributed by atoms with Gasteiger partial charge in [-0.1, -0.05) is 38.1 Å². The number of aromatic nitrogens is 5. The summed E-state index contributed by atoms with van der Waals surface area (Å²) in [6.07, 6.45) is 6.98. The summed E-state index contributed by atoms with van der Waals surface area (Å²) in [6.45, 7) is 6.47. The minimum absolute atomic E-state index is 0.177. The molecular weight excluding hydrogens is 486 g/mol. The van der Waals surface area contributed by atoms with Crippen molar-refractivity contribution in [2.45, 2.75) is 57.6 Å². The van der Waals surface area contributed by atoms with Gasteiger partial charge in [0.15, 0.2) is 17.4 Å². The van der Waals surface area contributed by atoms with Crippen LogP contribution in [0.4, 0.5) is 14.6 Å². The summed E-state index contributed by atoms with van der Waals surface area (Å²) in [7, 11) is 1.73. The lowest BCUT2D eigenvalue weighted by molar-refractivity contribution is 0.0131. The van der Waals surface area contributed by atoms with E-state index in [4.69, 9.17) is 9.72 Å². The van der Waals surface area contributed by atoms with E-state index in [2.05, 4.69) is 33.7 Å². The third kappa shape index (κ3) is 4.50. The molecule has 1 saturated carbocycles. The van der Waals surface area contributed by atoms with Gasteiger partial charge in [0.1, 0.15) is 17.1 Å². The number of alkyl halides is 2. The van der Waals surface area contributed by atoms with Gasteiger partial charge in [-0.25, -0.2) is 15.0 Å². The van der Waals surface area contributed by atoms with Crippen LogP contribution in [0.1, 0.15) is 56.5 Å². The molecule has 0 amide bonds. The Morgan fingerprint density at radius 3 is 2.50 bits per heavy atom. The minimum atomic E-state index is -2.98. The molecule has 9 heteroatoms. The van der Waals surface area contributed by atoms with Crippen LogP contribution in [0.25, 0.3) is 22.8 Å². The van der Waals surface area contributed by atoms with Crippen LogP contribution in [0.5, 0.6) is 5.75 Å². The van der Waals surface area contributed by atoms with Crippen LogP contribution in [0.3, 0.4) is 0 Å². The van der Waals surface area contributed by atoms with Crippen molar-refractivity contribution in [2.24, 2.45) is 7.05 Å². The topological polar surface area (TPSA) is 69.0 Å². The molecule has 7 nitrogen and oxygen atoms in total. The number of ether oxygens (including phenoxy) is 1. The molecule has 1 fully saturated rings. The third-order valence-corrected chi connectivity index (χ3v) is 7.19. The Labute approximate surface area is 220 Å². The fraction of sp³-hybridized carbons (Fsp3) is 0.379. The van der Waals surface area contributed by atoms with Crippen molar-refractivity contribution >= 4 is 5.82 Å². The largest absolute Gasteiger partial charge is 0.480 e. The zero-order valence-corrected chi connectivity index (χ0v) is 21.9. The molecule has 4 heterocycles. The lowest BCUT2D eigenvalue weighted by Crippen LogP contribution is -2.42. The first-order valence-corrected chi connectivity index (χ1v) is 12.9. The molecular formula is C29H30F2N6O. The second-order valence-corrected chi connectivity index (χ2v) is 10.8. The van der Waals surface area contributed by atoms with Gasteiger partial charge in [-0.05, 0) is 36.5 Å². The van der Waals surface area contributed by atoms with Gasteiger partial charge in [0.25, 0.3) is 5.92 Å². The van der Waals surface area contributed by atoms with Crippen molar-refractivity contribution < 1.29 is 13.5 Å². The number of hydrogen-bond acceptors (Lipinski definition) is 6. The van der Waals surface area contributed by atoms with Crippen LogP contribution in [0.15, 0.2) is 55.0 Å². The number of anilines is 1. The first-order valence-electron chi connectivity index (χ1n) is 12.9. The van der Waals surface area contributed by atoms with Gasteiger partial charge >= 0.3 is 0 Å². The Kier molecular flexibility index (Phi) is 5.70. The molecule has 4 aromatic rings. The molecule has 2 aliphatic rings. The Hall–Kier alpha value is -3.88. The molecule has 0 radical (unpaired) electrons. The summed E-state index contributed by atoms with van der Waals surface area (Å²) in [5, 5.41) is 0. The Balaban J connectivity index is 1.30. The number of pyridine rings is 1. The number of nitrogens with zero attached hydrogens (tertiary/aromatic N) is 6. The summed E-state index contributed by atoms with van der Waals surface area (Å²) in [6, 6.07) is 11.8. The fourth-order valence-electron chi connectivity index (χ4n) is 5.00. The van der Waals surface area contributed by atoms with Crippen molar-refractivity contribution in [3.63, 3.8) is 0 Å². The summed E-state index contributed by atoms with van der Waals surface area (Å²) >= 11 is 0. The van der Waals surface area contributed by atoms with Crippen LogP contribution in [0, 0.1) is 0 Å². The van der Waals surface area contributed by atoms with E-state index in [1.54, 1.807) is 24.0 Å². The summed E-state index contributed by atoms with van der Waals surface area (Å²) in [4.78, 5) is 20.6. The molecule has 0 unspecified atom stereocenters. The smallest absolute Gasteiger partial charge is 0.288 e. The number of halogens is 2. The van der Waals surface area contributed by atoms with Crippen molar-refractivity contribution in [1.82, 2.24) is 24.5 Å². The Morgan fingerprint density at radius 2 is 1.84 bits per heavy atom. The number of fused-ring (bicyclic) bond motifs is 1. The average Bonchev–Trinajstić information content (AvgIpc) is 3.50. The molecule has 0 atom stereocenters. The van der Waals surface area contributed by atoms with E-state index < -0.39 is 5.92 Å². The molecule has 38 heavy (non-hydrogen) atoms. The van der Waals surface area contributed by atoms with E-state index in [1.807, 2.05) is 36.4 Å². The molecule has 3 aromatic heterocycles. The summed E-state index contributed by atoms with van der Waals surface area (Å²) in [5.74, 6) is -0.125. The van der Waals surface area contributed by atoms with Crippen LogP contribution in [-0.4, -0.2) is 36.6 Å². The van der Waals surface area contributed by atoms with Crippen molar-refractivity contribution in [3.8, 4) is 28.5 Å². The van der Waals surface area contributed by atoms with Crippen LogP contribution < -0.4 is 9.64 Å². The van der Waals surface area contributed by atoms with Gasteiger partial charge < -0.3 is 14.2 Å². The maximum atomic E-state index is 13.8. The molecule has 1 aliphatic carbocycles. The van der Waals surface area contributed by atoms with Gasteiger partial charge in [0.05, 0.1) is 18.4 Å². The molecule has 0 N–H and O–H groups in total. The van der Waals surface area contributed by atoms with Crippen molar-refractivity contribution in [1.29, 1.82) is 0 Å². The van der Waals surface area contributed by atoms with E-state index in [0.29, 0.717) is 23.9 Å². The van der Waals surface area contributed by atoms with Crippen molar-refractivity contribution in [2.75, 3.05) is 11.4 Å². The quantitative estimate of drug-likeness (QED) is 0.308. The van der Waals surface area contributed by atoms with Crippen LogP contribution in [-0.2, 0) is 19.5 Å². The molecule has 0 saturated heterocycles. The number of aryl methyl sites for hydroxylation is 1. The average molecular weight is 517 g/mol. The summed E-state index contributed by atoms with van der Waals surface area (Å²) in [5.41, 5.74) is 3.34.